The van der Waals surface area contributed by atoms with E-state index in [1.807, 2.05) is 29.6 Å². The summed E-state index contributed by atoms with van der Waals surface area (Å²) in [7, 11) is 0. The summed E-state index contributed by atoms with van der Waals surface area (Å²) in [6, 6.07) is 12.8. The van der Waals surface area contributed by atoms with E-state index in [1.54, 1.807) is 29.7 Å². The lowest BCUT2D eigenvalue weighted by Gasteiger charge is -2.08. The second kappa shape index (κ2) is 6.24. The summed E-state index contributed by atoms with van der Waals surface area (Å²) >= 11 is 7.38. The van der Waals surface area contributed by atoms with E-state index in [0.29, 0.717) is 6.54 Å². The van der Waals surface area contributed by atoms with Crippen molar-refractivity contribution in [3.63, 3.8) is 0 Å². The Bertz CT molecular complexity index is 727. The molecule has 0 atom stereocenters. The van der Waals surface area contributed by atoms with Gasteiger partial charge in [0, 0.05) is 29.4 Å². The summed E-state index contributed by atoms with van der Waals surface area (Å²) in [5.41, 5.74) is 3.03. The molecule has 1 N–H and O–H groups in total. The predicted molar refractivity (Wildman–Crippen MR) is 86.3 cm³/mol. The maximum atomic E-state index is 13.1. The lowest BCUT2D eigenvalue weighted by Crippen LogP contribution is -1.99. The van der Waals surface area contributed by atoms with Gasteiger partial charge in [0.2, 0.25) is 0 Å². The van der Waals surface area contributed by atoms with Gasteiger partial charge in [-0.25, -0.2) is 9.37 Å². The molecule has 0 aliphatic heterocycles. The van der Waals surface area contributed by atoms with E-state index in [0.717, 1.165) is 21.8 Å². The van der Waals surface area contributed by atoms with Crippen molar-refractivity contribution < 1.29 is 4.39 Å². The number of anilines is 1. The van der Waals surface area contributed by atoms with Crippen LogP contribution < -0.4 is 5.32 Å². The topological polar surface area (TPSA) is 24.9 Å². The zero-order chi connectivity index (χ0) is 14.7. The van der Waals surface area contributed by atoms with E-state index in [1.165, 1.54) is 6.07 Å². The number of aromatic nitrogens is 1. The van der Waals surface area contributed by atoms with Crippen LogP contribution >= 0.6 is 22.9 Å². The Labute approximate surface area is 131 Å². The summed E-state index contributed by atoms with van der Waals surface area (Å²) in [5, 5.41) is 6.39. The Balaban J connectivity index is 1.66. The lowest BCUT2D eigenvalue weighted by molar-refractivity contribution is 0.627. The van der Waals surface area contributed by atoms with Gasteiger partial charge >= 0.3 is 0 Å². The number of benzene rings is 2. The van der Waals surface area contributed by atoms with E-state index < -0.39 is 5.82 Å². The van der Waals surface area contributed by atoms with Crippen LogP contribution in [0, 0.1) is 5.82 Å². The normalized spacial score (nSPS) is 10.6. The first-order valence-electron chi connectivity index (χ1n) is 6.40. The molecular formula is C16H12ClFN2S. The van der Waals surface area contributed by atoms with E-state index in [2.05, 4.69) is 10.3 Å². The molecule has 0 fully saturated rings. The highest BCUT2D eigenvalue weighted by Gasteiger charge is 2.02. The summed E-state index contributed by atoms with van der Waals surface area (Å²) in [5.74, 6) is -0.395. The Morgan fingerprint density at radius 1 is 1.14 bits per heavy atom. The summed E-state index contributed by atoms with van der Waals surface area (Å²) in [6.45, 7) is 0.594. The van der Waals surface area contributed by atoms with Crippen LogP contribution in [0.3, 0.4) is 0 Å². The third-order valence-electron chi connectivity index (χ3n) is 3.04. The smallest absolute Gasteiger partial charge is 0.141 e. The molecule has 0 radical (unpaired) electrons. The minimum Gasteiger partial charge on any atom is -0.381 e. The summed E-state index contributed by atoms with van der Waals surface area (Å²) in [6.07, 6.45) is 1.80. The molecule has 106 valence electrons. The number of halogens is 2. The monoisotopic (exact) mass is 318 g/mol. The zero-order valence-corrected chi connectivity index (χ0v) is 12.6. The van der Waals surface area contributed by atoms with Gasteiger partial charge in [-0.15, -0.1) is 11.3 Å². The van der Waals surface area contributed by atoms with Crippen LogP contribution in [0.5, 0.6) is 0 Å². The molecule has 0 bridgehead atoms. The molecular weight excluding hydrogens is 307 g/mol. The van der Waals surface area contributed by atoms with Crippen LogP contribution in [0.2, 0.25) is 5.02 Å². The van der Waals surface area contributed by atoms with Crippen LogP contribution in [0.1, 0.15) is 5.56 Å². The van der Waals surface area contributed by atoms with Crippen molar-refractivity contribution in [3.05, 3.63) is 70.4 Å². The quantitative estimate of drug-likeness (QED) is 0.714. The minimum atomic E-state index is -0.395. The maximum Gasteiger partial charge on any atom is 0.141 e. The van der Waals surface area contributed by atoms with Crippen LogP contribution in [0.25, 0.3) is 10.6 Å². The lowest BCUT2D eigenvalue weighted by atomic mass is 10.2. The fraction of sp³-hybridized carbons (Fsp3) is 0.0625. The first-order valence-corrected chi connectivity index (χ1v) is 7.66. The fourth-order valence-corrected chi connectivity index (χ4v) is 2.80. The van der Waals surface area contributed by atoms with Crippen molar-refractivity contribution >= 4 is 28.6 Å². The third kappa shape index (κ3) is 3.40. The van der Waals surface area contributed by atoms with Gasteiger partial charge in [0.15, 0.2) is 0 Å². The average molecular weight is 319 g/mol. The molecule has 2 aromatic carbocycles. The second-order valence-electron chi connectivity index (χ2n) is 4.52. The number of hydrogen-bond acceptors (Lipinski definition) is 3. The molecule has 0 saturated heterocycles. The standard InChI is InChI=1S/C16H12ClFN2S/c17-14-9-11(1-6-15(14)18)10-20-13-4-2-12(3-5-13)16-19-7-8-21-16/h1-9,20H,10H2. The number of hydrogen-bond donors (Lipinski definition) is 1. The largest absolute Gasteiger partial charge is 0.381 e. The number of rotatable bonds is 4. The number of nitrogens with one attached hydrogen (secondary N) is 1. The molecule has 0 spiro atoms. The van der Waals surface area contributed by atoms with Gasteiger partial charge in [0.05, 0.1) is 5.02 Å². The molecule has 0 amide bonds. The van der Waals surface area contributed by atoms with Gasteiger partial charge in [-0.1, -0.05) is 17.7 Å². The minimum absolute atomic E-state index is 0.147. The predicted octanol–water partition coefficient (Wildman–Crippen LogP) is 5.21. The van der Waals surface area contributed by atoms with Crippen LogP contribution in [0.4, 0.5) is 10.1 Å². The summed E-state index contributed by atoms with van der Waals surface area (Å²) in [4.78, 5) is 4.28. The van der Waals surface area contributed by atoms with Gasteiger partial charge in [-0.05, 0) is 42.0 Å². The van der Waals surface area contributed by atoms with Crippen molar-refractivity contribution in [2.24, 2.45) is 0 Å². The highest BCUT2D eigenvalue weighted by molar-refractivity contribution is 7.13. The molecule has 3 rings (SSSR count). The Morgan fingerprint density at radius 2 is 1.95 bits per heavy atom. The molecule has 0 aliphatic carbocycles. The highest BCUT2D eigenvalue weighted by atomic mass is 35.5. The van der Waals surface area contributed by atoms with Crippen molar-refractivity contribution in [1.29, 1.82) is 0 Å². The third-order valence-corrected chi connectivity index (χ3v) is 4.16. The molecule has 0 unspecified atom stereocenters. The molecule has 1 aromatic heterocycles. The first-order chi connectivity index (χ1) is 10.2. The number of nitrogens with zero attached hydrogens (tertiary/aromatic N) is 1. The SMILES string of the molecule is Fc1ccc(CNc2ccc(-c3nccs3)cc2)cc1Cl. The van der Waals surface area contributed by atoms with Crippen LogP contribution in [0.15, 0.2) is 54.0 Å². The molecule has 21 heavy (non-hydrogen) atoms. The van der Waals surface area contributed by atoms with Crippen LogP contribution in [-0.2, 0) is 6.54 Å². The highest BCUT2D eigenvalue weighted by Crippen LogP contribution is 2.23. The Hall–Kier alpha value is -1.91. The zero-order valence-electron chi connectivity index (χ0n) is 11.0. The van der Waals surface area contributed by atoms with Gasteiger partial charge in [-0.2, -0.15) is 0 Å². The fourth-order valence-electron chi connectivity index (χ4n) is 1.95. The van der Waals surface area contributed by atoms with Crippen molar-refractivity contribution in [2.75, 3.05) is 5.32 Å². The van der Waals surface area contributed by atoms with Crippen LogP contribution in [-0.4, -0.2) is 4.98 Å². The molecule has 0 aliphatic rings. The first kappa shape index (κ1) is 14.0. The number of thiazole rings is 1. The molecule has 0 saturated carbocycles. The van der Waals surface area contributed by atoms with Gasteiger partial charge in [0.1, 0.15) is 10.8 Å². The Morgan fingerprint density at radius 3 is 2.62 bits per heavy atom. The average Bonchev–Trinajstić information content (AvgIpc) is 3.03. The van der Waals surface area contributed by atoms with Crippen molar-refractivity contribution in [1.82, 2.24) is 4.98 Å². The van der Waals surface area contributed by atoms with Gasteiger partial charge in [-0.3, -0.25) is 0 Å². The van der Waals surface area contributed by atoms with Gasteiger partial charge < -0.3 is 5.32 Å². The van der Waals surface area contributed by atoms with Crippen molar-refractivity contribution in [2.45, 2.75) is 6.54 Å². The van der Waals surface area contributed by atoms with Gasteiger partial charge in [0.25, 0.3) is 0 Å². The summed E-state index contributed by atoms with van der Waals surface area (Å²) < 4.78 is 13.1. The molecule has 1 heterocycles. The van der Waals surface area contributed by atoms with E-state index in [-0.39, 0.29) is 5.02 Å². The molecule has 5 heteroatoms. The second-order valence-corrected chi connectivity index (χ2v) is 5.82. The maximum absolute atomic E-state index is 13.1. The Kier molecular flexibility index (Phi) is 4.18. The van der Waals surface area contributed by atoms with Crippen molar-refractivity contribution in [3.8, 4) is 10.6 Å². The molecule has 3 aromatic rings. The van der Waals surface area contributed by atoms with E-state index in [9.17, 15) is 4.39 Å². The van der Waals surface area contributed by atoms with E-state index >= 15 is 0 Å². The molecule has 2 nitrogen and oxygen atoms in total. The van der Waals surface area contributed by atoms with E-state index in [4.69, 9.17) is 11.6 Å².